The minimum atomic E-state index is -0.520. The second-order valence-corrected chi connectivity index (χ2v) is 3.03. The Balaban J connectivity index is 3.23. The standard InChI is InChI=1S/C7H6BrFN2O/c8-4-1-2-6(9)5(3-4)7(10)11-12/h1-3,12H,(H2,10,11). The maximum atomic E-state index is 12.9. The monoisotopic (exact) mass is 232 g/mol. The van der Waals surface area contributed by atoms with Crippen LogP contribution in [-0.4, -0.2) is 11.0 Å². The molecule has 3 nitrogen and oxygen atoms in total. The average molecular weight is 233 g/mol. The SMILES string of the molecule is N/C(=N\O)c1cc(Br)ccc1F. The summed E-state index contributed by atoms with van der Waals surface area (Å²) >= 11 is 3.13. The first-order valence-corrected chi connectivity index (χ1v) is 3.87. The van der Waals surface area contributed by atoms with Crippen LogP contribution in [0.1, 0.15) is 5.56 Å². The van der Waals surface area contributed by atoms with Gasteiger partial charge in [-0.15, -0.1) is 0 Å². The second-order valence-electron chi connectivity index (χ2n) is 2.11. The van der Waals surface area contributed by atoms with Crippen molar-refractivity contribution in [3.05, 3.63) is 34.1 Å². The fraction of sp³-hybridized carbons (Fsp3) is 0. The van der Waals surface area contributed by atoms with E-state index in [9.17, 15) is 4.39 Å². The van der Waals surface area contributed by atoms with E-state index in [0.29, 0.717) is 4.47 Å². The predicted octanol–water partition coefficient (Wildman–Crippen LogP) is 1.68. The normalized spacial score (nSPS) is 11.7. The van der Waals surface area contributed by atoms with Gasteiger partial charge in [-0.3, -0.25) is 0 Å². The van der Waals surface area contributed by atoms with Crippen LogP contribution in [0, 0.1) is 5.82 Å². The lowest BCUT2D eigenvalue weighted by Gasteiger charge is -2.00. The van der Waals surface area contributed by atoms with E-state index in [-0.39, 0.29) is 11.4 Å². The first-order chi connectivity index (χ1) is 5.65. The maximum Gasteiger partial charge on any atom is 0.173 e. The molecule has 0 aliphatic carbocycles. The molecule has 0 fully saturated rings. The Bertz CT molecular complexity index is 327. The van der Waals surface area contributed by atoms with E-state index in [1.807, 2.05) is 0 Å². The number of benzene rings is 1. The molecule has 12 heavy (non-hydrogen) atoms. The van der Waals surface area contributed by atoms with E-state index in [0.717, 1.165) is 0 Å². The van der Waals surface area contributed by atoms with Crippen molar-refractivity contribution < 1.29 is 9.60 Å². The van der Waals surface area contributed by atoms with Crippen LogP contribution in [0.25, 0.3) is 0 Å². The summed E-state index contributed by atoms with van der Waals surface area (Å²) in [7, 11) is 0. The zero-order valence-corrected chi connectivity index (χ0v) is 7.55. The highest BCUT2D eigenvalue weighted by Gasteiger charge is 2.06. The lowest BCUT2D eigenvalue weighted by molar-refractivity contribution is 0.318. The molecule has 0 aliphatic rings. The van der Waals surface area contributed by atoms with Gasteiger partial charge in [-0.2, -0.15) is 0 Å². The number of amidine groups is 1. The van der Waals surface area contributed by atoms with Gasteiger partial charge >= 0.3 is 0 Å². The molecule has 3 N–H and O–H groups in total. The molecule has 0 unspecified atom stereocenters. The molecule has 0 aromatic heterocycles. The van der Waals surface area contributed by atoms with Crippen molar-refractivity contribution in [1.82, 2.24) is 0 Å². The van der Waals surface area contributed by atoms with Crippen LogP contribution in [0.5, 0.6) is 0 Å². The minimum absolute atomic E-state index is 0.0758. The summed E-state index contributed by atoms with van der Waals surface area (Å²) in [6.07, 6.45) is 0. The van der Waals surface area contributed by atoms with Crippen LogP contribution in [0.3, 0.4) is 0 Å². The molecule has 0 atom stereocenters. The summed E-state index contributed by atoms with van der Waals surface area (Å²) < 4.78 is 13.6. The Kier molecular flexibility index (Phi) is 2.65. The number of nitrogens with two attached hydrogens (primary N) is 1. The molecule has 5 heteroatoms. The van der Waals surface area contributed by atoms with Gasteiger partial charge < -0.3 is 10.9 Å². The minimum Gasteiger partial charge on any atom is -0.409 e. The first kappa shape index (κ1) is 8.99. The lowest BCUT2D eigenvalue weighted by Crippen LogP contribution is -2.14. The van der Waals surface area contributed by atoms with Crippen molar-refractivity contribution in [2.24, 2.45) is 10.9 Å². The molecule has 0 saturated carbocycles. The molecule has 1 aromatic rings. The van der Waals surface area contributed by atoms with E-state index in [2.05, 4.69) is 21.1 Å². The summed E-state index contributed by atoms with van der Waals surface area (Å²) in [5, 5.41) is 11.0. The van der Waals surface area contributed by atoms with Gasteiger partial charge in [0.15, 0.2) is 5.84 Å². The third kappa shape index (κ3) is 1.73. The van der Waals surface area contributed by atoms with E-state index < -0.39 is 5.82 Å². The van der Waals surface area contributed by atoms with Gasteiger partial charge in [-0.1, -0.05) is 21.1 Å². The molecular weight excluding hydrogens is 227 g/mol. The molecule has 0 bridgehead atoms. The average Bonchev–Trinajstić information content (AvgIpc) is 2.08. The smallest absolute Gasteiger partial charge is 0.173 e. The van der Waals surface area contributed by atoms with Crippen LogP contribution >= 0.6 is 15.9 Å². The zero-order chi connectivity index (χ0) is 9.14. The van der Waals surface area contributed by atoms with Crippen molar-refractivity contribution >= 4 is 21.8 Å². The number of rotatable bonds is 1. The molecule has 1 aromatic carbocycles. The summed E-state index contributed by atoms with van der Waals surface area (Å²) in [6, 6.07) is 4.20. The maximum absolute atomic E-state index is 12.9. The topological polar surface area (TPSA) is 58.6 Å². The van der Waals surface area contributed by atoms with Crippen LogP contribution in [0.2, 0.25) is 0 Å². The van der Waals surface area contributed by atoms with Crippen molar-refractivity contribution in [3.63, 3.8) is 0 Å². The van der Waals surface area contributed by atoms with Crippen LogP contribution < -0.4 is 5.73 Å². The summed E-state index contributed by atoms with van der Waals surface area (Å²) in [6.45, 7) is 0. The molecule has 0 saturated heterocycles. The van der Waals surface area contributed by atoms with E-state index >= 15 is 0 Å². The quantitative estimate of drug-likeness (QED) is 0.335. The fourth-order valence-corrected chi connectivity index (χ4v) is 1.11. The van der Waals surface area contributed by atoms with Crippen molar-refractivity contribution in [3.8, 4) is 0 Å². The highest BCUT2D eigenvalue weighted by Crippen LogP contribution is 2.14. The van der Waals surface area contributed by atoms with Gasteiger partial charge in [0.1, 0.15) is 5.82 Å². The number of hydrogen-bond acceptors (Lipinski definition) is 2. The van der Waals surface area contributed by atoms with Gasteiger partial charge in [0.2, 0.25) is 0 Å². The summed E-state index contributed by atoms with van der Waals surface area (Å²) in [5.74, 6) is -0.762. The molecule has 1 rings (SSSR count). The third-order valence-electron chi connectivity index (χ3n) is 1.31. The van der Waals surface area contributed by atoms with Crippen molar-refractivity contribution in [2.75, 3.05) is 0 Å². The largest absolute Gasteiger partial charge is 0.409 e. The third-order valence-corrected chi connectivity index (χ3v) is 1.81. The Hall–Kier alpha value is -1.10. The van der Waals surface area contributed by atoms with Crippen LogP contribution in [0.4, 0.5) is 4.39 Å². The molecule has 0 aliphatic heterocycles. The van der Waals surface area contributed by atoms with Crippen molar-refractivity contribution in [2.45, 2.75) is 0 Å². The predicted molar refractivity (Wildman–Crippen MR) is 46.6 cm³/mol. The van der Waals surface area contributed by atoms with Gasteiger partial charge in [-0.25, -0.2) is 4.39 Å². The lowest BCUT2D eigenvalue weighted by atomic mass is 10.2. The van der Waals surface area contributed by atoms with E-state index in [1.54, 1.807) is 0 Å². The summed E-state index contributed by atoms with van der Waals surface area (Å²) in [5.41, 5.74) is 5.28. The molecule has 64 valence electrons. The number of oxime groups is 1. The van der Waals surface area contributed by atoms with Crippen LogP contribution in [-0.2, 0) is 0 Å². The Morgan fingerprint density at radius 3 is 2.83 bits per heavy atom. The van der Waals surface area contributed by atoms with Crippen LogP contribution in [0.15, 0.2) is 27.8 Å². The van der Waals surface area contributed by atoms with E-state index in [1.165, 1.54) is 18.2 Å². The van der Waals surface area contributed by atoms with Gasteiger partial charge in [-0.05, 0) is 18.2 Å². The fourth-order valence-electron chi connectivity index (χ4n) is 0.748. The highest BCUT2D eigenvalue weighted by atomic mass is 79.9. The number of halogens is 2. The molecule has 0 radical (unpaired) electrons. The Morgan fingerprint density at radius 2 is 2.25 bits per heavy atom. The van der Waals surface area contributed by atoms with E-state index in [4.69, 9.17) is 10.9 Å². The Labute approximate surface area is 76.8 Å². The van der Waals surface area contributed by atoms with Crippen molar-refractivity contribution in [1.29, 1.82) is 0 Å². The summed E-state index contributed by atoms with van der Waals surface area (Å²) in [4.78, 5) is 0. The second kappa shape index (κ2) is 3.53. The molecular formula is C7H6BrFN2O. The number of nitrogens with zero attached hydrogens (tertiary/aromatic N) is 1. The molecule has 0 amide bonds. The Morgan fingerprint density at radius 1 is 1.58 bits per heavy atom. The highest BCUT2D eigenvalue weighted by molar-refractivity contribution is 9.10. The zero-order valence-electron chi connectivity index (χ0n) is 5.96. The first-order valence-electron chi connectivity index (χ1n) is 3.08. The van der Waals surface area contributed by atoms with Gasteiger partial charge in [0.25, 0.3) is 0 Å². The van der Waals surface area contributed by atoms with Gasteiger partial charge in [0, 0.05) is 4.47 Å². The van der Waals surface area contributed by atoms with Gasteiger partial charge in [0.05, 0.1) is 5.56 Å². The molecule has 0 spiro atoms. The molecule has 0 heterocycles. The number of hydrogen-bond donors (Lipinski definition) is 2.